The van der Waals surface area contributed by atoms with Crippen molar-refractivity contribution in [2.24, 2.45) is 5.10 Å². The highest BCUT2D eigenvalue weighted by Gasteiger charge is 2.08. The lowest BCUT2D eigenvalue weighted by atomic mass is 10.2. The molecule has 0 spiro atoms. The van der Waals surface area contributed by atoms with Crippen LogP contribution in [0.3, 0.4) is 0 Å². The molecule has 0 atom stereocenters. The highest BCUT2D eigenvalue weighted by Crippen LogP contribution is 2.27. The molecule has 0 aliphatic heterocycles. The van der Waals surface area contributed by atoms with Crippen molar-refractivity contribution in [2.45, 2.75) is 19.8 Å². The summed E-state index contributed by atoms with van der Waals surface area (Å²) in [5, 5.41) is 23.7. The second kappa shape index (κ2) is 8.18. The van der Waals surface area contributed by atoms with Crippen molar-refractivity contribution < 1.29 is 9.53 Å². The smallest absolute Gasteiger partial charge is 0.237 e. The standard InChI is InChI=1S/C14H15N5O2/c1-3-4-14(20)17-12-6-5-11(21-2)7-13(12)19-18-10(8-15)9-16/h5-7,19H,3-4H2,1-2H3,(H,17,20). The van der Waals surface area contributed by atoms with E-state index in [4.69, 9.17) is 15.3 Å². The molecule has 1 aromatic rings. The van der Waals surface area contributed by atoms with E-state index >= 15 is 0 Å². The van der Waals surface area contributed by atoms with Crippen LogP contribution in [0.5, 0.6) is 5.75 Å². The summed E-state index contributed by atoms with van der Waals surface area (Å²) in [4.78, 5) is 11.7. The van der Waals surface area contributed by atoms with Gasteiger partial charge in [0.25, 0.3) is 0 Å². The van der Waals surface area contributed by atoms with Crippen molar-refractivity contribution in [2.75, 3.05) is 17.9 Å². The first-order valence-corrected chi connectivity index (χ1v) is 6.26. The fraction of sp³-hybridized carbons (Fsp3) is 0.286. The highest BCUT2D eigenvalue weighted by atomic mass is 16.5. The quantitative estimate of drug-likeness (QED) is 0.615. The van der Waals surface area contributed by atoms with E-state index in [2.05, 4.69) is 15.8 Å². The van der Waals surface area contributed by atoms with Crippen molar-refractivity contribution >= 4 is 23.0 Å². The summed E-state index contributed by atoms with van der Waals surface area (Å²) >= 11 is 0. The van der Waals surface area contributed by atoms with Crippen LogP contribution in [0.15, 0.2) is 23.3 Å². The van der Waals surface area contributed by atoms with E-state index in [-0.39, 0.29) is 11.6 Å². The van der Waals surface area contributed by atoms with Crippen LogP contribution >= 0.6 is 0 Å². The molecule has 1 aromatic carbocycles. The minimum absolute atomic E-state index is 0.129. The lowest BCUT2D eigenvalue weighted by molar-refractivity contribution is -0.116. The second-order valence-electron chi connectivity index (χ2n) is 4.01. The lowest BCUT2D eigenvalue weighted by Crippen LogP contribution is -2.12. The molecule has 0 aromatic heterocycles. The van der Waals surface area contributed by atoms with Gasteiger partial charge in [0.2, 0.25) is 11.6 Å². The average Bonchev–Trinajstić information content (AvgIpc) is 2.49. The molecule has 1 rings (SSSR count). The van der Waals surface area contributed by atoms with Gasteiger partial charge in [-0.3, -0.25) is 10.2 Å². The first-order valence-electron chi connectivity index (χ1n) is 6.26. The maximum absolute atomic E-state index is 11.7. The maximum Gasteiger partial charge on any atom is 0.237 e. The summed E-state index contributed by atoms with van der Waals surface area (Å²) in [6.07, 6.45) is 1.13. The Bertz CT molecular complexity index is 609. The van der Waals surface area contributed by atoms with Gasteiger partial charge in [-0.15, -0.1) is 0 Å². The minimum atomic E-state index is -0.316. The summed E-state index contributed by atoms with van der Waals surface area (Å²) in [5.74, 6) is 0.423. The van der Waals surface area contributed by atoms with Crippen molar-refractivity contribution in [3.63, 3.8) is 0 Å². The van der Waals surface area contributed by atoms with Crippen molar-refractivity contribution in [1.82, 2.24) is 0 Å². The normalized spacial score (nSPS) is 8.95. The van der Waals surface area contributed by atoms with Crippen LogP contribution in [0, 0.1) is 22.7 Å². The number of carbonyl (C=O) groups excluding carboxylic acids is 1. The number of hydrazone groups is 1. The van der Waals surface area contributed by atoms with Gasteiger partial charge in [0.1, 0.15) is 17.9 Å². The molecule has 0 aliphatic carbocycles. The number of nitriles is 2. The zero-order valence-electron chi connectivity index (χ0n) is 11.8. The highest BCUT2D eigenvalue weighted by molar-refractivity contribution is 6.10. The number of methoxy groups -OCH3 is 1. The Balaban J connectivity index is 3.03. The molecule has 1 amide bonds. The molecule has 0 radical (unpaired) electrons. The first-order chi connectivity index (χ1) is 10.1. The Morgan fingerprint density at radius 3 is 2.62 bits per heavy atom. The molecule has 2 N–H and O–H groups in total. The third-order valence-corrected chi connectivity index (χ3v) is 2.48. The SMILES string of the molecule is CCCC(=O)Nc1ccc(OC)cc1NN=C(C#N)C#N. The fourth-order valence-electron chi connectivity index (χ4n) is 1.48. The van der Waals surface area contributed by atoms with Gasteiger partial charge in [-0.25, -0.2) is 0 Å². The number of hydrogen-bond acceptors (Lipinski definition) is 6. The van der Waals surface area contributed by atoms with E-state index in [0.29, 0.717) is 23.5 Å². The van der Waals surface area contributed by atoms with Crippen molar-refractivity contribution in [3.8, 4) is 17.9 Å². The van der Waals surface area contributed by atoms with E-state index in [1.165, 1.54) is 7.11 Å². The lowest BCUT2D eigenvalue weighted by Gasteiger charge is -2.11. The van der Waals surface area contributed by atoms with E-state index in [1.54, 1.807) is 30.3 Å². The van der Waals surface area contributed by atoms with E-state index in [9.17, 15) is 4.79 Å². The third-order valence-electron chi connectivity index (χ3n) is 2.48. The maximum atomic E-state index is 11.7. The molecule has 0 heterocycles. The summed E-state index contributed by atoms with van der Waals surface area (Å²) in [5.41, 5.74) is 3.20. The largest absolute Gasteiger partial charge is 0.497 e. The van der Waals surface area contributed by atoms with Crippen molar-refractivity contribution in [1.29, 1.82) is 10.5 Å². The van der Waals surface area contributed by atoms with Gasteiger partial charge in [0, 0.05) is 12.5 Å². The van der Waals surface area contributed by atoms with Gasteiger partial charge in [-0.2, -0.15) is 15.6 Å². The van der Waals surface area contributed by atoms with E-state index in [0.717, 1.165) is 6.42 Å². The number of amides is 1. The van der Waals surface area contributed by atoms with E-state index in [1.807, 2.05) is 6.92 Å². The van der Waals surface area contributed by atoms with Crippen LogP contribution in [0.1, 0.15) is 19.8 Å². The predicted molar refractivity (Wildman–Crippen MR) is 78.8 cm³/mol. The molecule has 0 saturated heterocycles. The van der Waals surface area contributed by atoms with Gasteiger partial charge < -0.3 is 10.1 Å². The number of carbonyl (C=O) groups is 1. The molecule has 0 aliphatic rings. The molecule has 0 unspecified atom stereocenters. The van der Waals surface area contributed by atoms with Gasteiger partial charge in [0.05, 0.1) is 18.5 Å². The Morgan fingerprint density at radius 1 is 1.33 bits per heavy atom. The van der Waals surface area contributed by atoms with E-state index < -0.39 is 0 Å². The number of ether oxygens (including phenoxy) is 1. The van der Waals surface area contributed by atoms with Gasteiger partial charge >= 0.3 is 0 Å². The topological polar surface area (TPSA) is 110 Å². The number of anilines is 2. The van der Waals surface area contributed by atoms with Crippen LogP contribution in [-0.2, 0) is 4.79 Å². The molecule has 0 bridgehead atoms. The summed E-state index contributed by atoms with van der Waals surface area (Å²) in [6, 6.07) is 8.23. The predicted octanol–water partition coefficient (Wildman–Crippen LogP) is 2.25. The minimum Gasteiger partial charge on any atom is -0.497 e. The Labute approximate surface area is 122 Å². The Morgan fingerprint density at radius 2 is 2.05 bits per heavy atom. The summed E-state index contributed by atoms with van der Waals surface area (Å²) in [7, 11) is 1.51. The van der Waals surface area contributed by atoms with Crippen molar-refractivity contribution in [3.05, 3.63) is 18.2 Å². The number of rotatable bonds is 6. The molecule has 0 fully saturated rings. The number of benzene rings is 1. The number of hydrogen-bond donors (Lipinski definition) is 2. The van der Waals surface area contributed by atoms with Crippen LogP contribution in [0.25, 0.3) is 0 Å². The summed E-state index contributed by atoms with van der Waals surface area (Å²) in [6.45, 7) is 1.91. The molecular formula is C14H15N5O2. The monoisotopic (exact) mass is 285 g/mol. The molecule has 108 valence electrons. The average molecular weight is 285 g/mol. The van der Waals surface area contributed by atoms with Gasteiger partial charge in [-0.1, -0.05) is 6.92 Å². The van der Waals surface area contributed by atoms with Crippen LogP contribution in [0.4, 0.5) is 11.4 Å². The summed E-state index contributed by atoms with van der Waals surface area (Å²) < 4.78 is 5.09. The van der Waals surface area contributed by atoms with Gasteiger partial charge in [0.15, 0.2) is 0 Å². The van der Waals surface area contributed by atoms with Gasteiger partial charge in [-0.05, 0) is 18.6 Å². The fourth-order valence-corrected chi connectivity index (χ4v) is 1.48. The number of nitrogens with one attached hydrogen (secondary N) is 2. The zero-order chi connectivity index (χ0) is 15.7. The van der Waals surface area contributed by atoms with Crippen LogP contribution in [0.2, 0.25) is 0 Å². The first kappa shape index (κ1) is 16.0. The zero-order valence-corrected chi connectivity index (χ0v) is 11.8. The second-order valence-corrected chi connectivity index (χ2v) is 4.01. The van der Waals surface area contributed by atoms with Crippen LogP contribution in [-0.4, -0.2) is 18.7 Å². The molecule has 7 heteroatoms. The van der Waals surface area contributed by atoms with Crippen LogP contribution < -0.4 is 15.5 Å². The Kier molecular flexibility index (Phi) is 6.23. The molecule has 21 heavy (non-hydrogen) atoms. The molecule has 0 saturated carbocycles. The molecular weight excluding hydrogens is 270 g/mol. The molecule has 7 nitrogen and oxygen atoms in total. The third kappa shape index (κ3) is 4.84. The Hall–Kier alpha value is -3.06. The number of nitrogens with zero attached hydrogens (tertiary/aromatic N) is 3.